The van der Waals surface area contributed by atoms with Crippen molar-refractivity contribution in [1.29, 1.82) is 0 Å². The van der Waals surface area contributed by atoms with Gasteiger partial charge in [-0.1, -0.05) is 6.07 Å². The minimum atomic E-state index is -0.379. The topological polar surface area (TPSA) is 58.6 Å². The van der Waals surface area contributed by atoms with Gasteiger partial charge in [-0.2, -0.15) is 0 Å². The molecule has 6 heteroatoms. The van der Waals surface area contributed by atoms with Gasteiger partial charge < -0.3 is 15.0 Å². The van der Waals surface area contributed by atoms with Gasteiger partial charge in [-0.25, -0.2) is 4.39 Å². The minimum Gasteiger partial charge on any atom is -0.466 e. The first-order valence-corrected chi connectivity index (χ1v) is 8.03. The summed E-state index contributed by atoms with van der Waals surface area (Å²) in [5, 5.41) is 2.68. The van der Waals surface area contributed by atoms with Crippen molar-refractivity contribution in [3.63, 3.8) is 0 Å². The summed E-state index contributed by atoms with van der Waals surface area (Å²) < 4.78 is 18.1. The first kappa shape index (κ1) is 17.4. The molecule has 1 fully saturated rings. The van der Waals surface area contributed by atoms with Gasteiger partial charge in [0.25, 0.3) is 0 Å². The third-order valence-corrected chi connectivity index (χ3v) is 3.89. The Labute approximate surface area is 135 Å². The Morgan fingerprint density at radius 1 is 1.43 bits per heavy atom. The van der Waals surface area contributed by atoms with Crippen molar-refractivity contribution in [2.75, 3.05) is 31.6 Å². The second-order valence-corrected chi connectivity index (χ2v) is 5.70. The maximum atomic E-state index is 13.1. The molecule has 5 nitrogen and oxygen atoms in total. The van der Waals surface area contributed by atoms with Crippen molar-refractivity contribution in [2.24, 2.45) is 5.92 Å². The van der Waals surface area contributed by atoms with Gasteiger partial charge in [-0.05, 0) is 44.5 Å². The fourth-order valence-electron chi connectivity index (χ4n) is 2.76. The highest BCUT2D eigenvalue weighted by molar-refractivity contribution is 5.90. The standard InChI is InChI=1S/C17H23FN2O3/c1-2-23-17(22)13-5-4-9-20(12-13)10-8-16(21)19-15-7-3-6-14(18)11-15/h3,6-7,11,13H,2,4-5,8-10,12H2,1H3,(H,19,21). The molecule has 1 atom stereocenters. The summed E-state index contributed by atoms with van der Waals surface area (Å²) in [5.41, 5.74) is 0.457. The zero-order chi connectivity index (χ0) is 16.7. The van der Waals surface area contributed by atoms with Crippen LogP contribution in [0.15, 0.2) is 24.3 Å². The third kappa shape index (κ3) is 5.63. The van der Waals surface area contributed by atoms with E-state index in [2.05, 4.69) is 10.2 Å². The number of hydrogen-bond donors (Lipinski definition) is 1. The van der Waals surface area contributed by atoms with Crippen LogP contribution in [0.5, 0.6) is 0 Å². The van der Waals surface area contributed by atoms with Crippen molar-refractivity contribution < 1.29 is 18.7 Å². The number of hydrogen-bond acceptors (Lipinski definition) is 4. The van der Waals surface area contributed by atoms with E-state index in [-0.39, 0.29) is 23.6 Å². The maximum absolute atomic E-state index is 13.1. The monoisotopic (exact) mass is 322 g/mol. The van der Waals surface area contributed by atoms with Crippen LogP contribution in [0.25, 0.3) is 0 Å². The van der Waals surface area contributed by atoms with Crippen LogP contribution in [-0.2, 0) is 14.3 Å². The molecule has 0 aromatic heterocycles. The molecule has 1 N–H and O–H groups in total. The molecule has 1 saturated heterocycles. The largest absolute Gasteiger partial charge is 0.466 e. The number of piperidine rings is 1. The predicted octanol–water partition coefficient (Wildman–Crippen LogP) is 2.43. The predicted molar refractivity (Wildman–Crippen MR) is 85.4 cm³/mol. The van der Waals surface area contributed by atoms with Crippen LogP contribution in [0, 0.1) is 11.7 Å². The molecule has 1 aliphatic heterocycles. The summed E-state index contributed by atoms with van der Waals surface area (Å²) in [7, 11) is 0. The summed E-state index contributed by atoms with van der Waals surface area (Å²) in [6.07, 6.45) is 2.08. The third-order valence-electron chi connectivity index (χ3n) is 3.89. The molecule has 23 heavy (non-hydrogen) atoms. The van der Waals surface area contributed by atoms with E-state index in [1.54, 1.807) is 19.1 Å². The van der Waals surface area contributed by atoms with Crippen LogP contribution in [0.4, 0.5) is 10.1 Å². The molecule has 0 bridgehead atoms. The lowest BCUT2D eigenvalue weighted by Gasteiger charge is -2.31. The summed E-state index contributed by atoms with van der Waals surface area (Å²) in [6, 6.07) is 5.83. The molecule has 0 radical (unpaired) electrons. The highest BCUT2D eigenvalue weighted by atomic mass is 19.1. The number of amides is 1. The van der Waals surface area contributed by atoms with Crippen LogP contribution in [0.1, 0.15) is 26.2 Å². The number of carbonyl (C=O) groups is 2. The normalized spacial score (nSPS) is 18.4. The molecule has 1 amide bonds. The number of nitrogens with one attached hydrogen (secondary N) is 1. The molecule has 0 aliphatic carbocycles. The van der Waals surface area contributed by atoms with Gasteiger partial charge in [0.15, 0.2) is 0 Å². The fourth-order valence-corrected chi connectivity index (χ4v) is 2.76. The molecule has 2 rings (SSSR count). The Balaban J connectivity index is 1.76. The van der Waals surface area contributed by atoms with E-state index >= 15 is 0 Å². The second-order valence-electron chi connectivity index (χ2n) is 5.70. The molecule has 126 valence electrons. The highest BCUT2D eigenvalue weighted by Gasteiger charge is 2.26. The first-order chi connectivity index (χ1) is 11.1. The molecular weight excluding hydrogens is 299 g/mol. The molecule has 1 aromatic carbocycles. The lowest BCUT2D eigenvalue weighted by Crippen LogP contribution is -2.40. The fraction of sp³-hybridized carbons (Fsp3) is 0.529. The lowest BCUT2D eigenvalue weighted by molar-refractivity contribution is -0.149. The SMILES string of the molecule is CCOC(=O)C1CCCN(CCC(=O)Nc2cccc(F)c2)C1. The van der Waals surface area contributed by atoms with E-state index in [9.17, 15) is 14.0 Å². The van der Waals surface area contributed by atoms with Crippen molar-refractivity contribution in [3.05, 3.63) is 30.1 Å². The Hall–Kier alpha value is -1.95. The maximum Gasteiger partial charge on any atom is 0.310 e. The van der Waals surface area contributed by atoms with E-state index in [4.69, 9.17) is 4.74 Å². The van der Waals surface area contributed by atoms with E-state index in [1.165, 1.54) is 12.1 Å². The van der Waals surface area contributed by atoms with Crippen molar-refractivity contribution in [3.8, 4) is 0 Å². The number of nitrogens with zero attached hydrogens (tertiary/aromatic N) is 1. The highest BCUT2D eigenvalue weighted by Crippen LogP contribution is 2.18. The molecule has 1 aliphatic rings. The van der Waals surface area contributed by atoms with Gasteiger partial charge in [0.2, 0.25) is 5.91 Å². The van der Waals surface area contributed by atoms with Gasteiger partial charge in [0.05, 0.1) is 12.5 Å². The number of ether oxygens (including phenoxy) is 1. The van der Waals surface area contributed by atoms with Crippen molar-refractivity contribution in [1.82, 2.24) is 4.90 Å². The van der Waals surface area contributed by atoms with Gasteiger partial charge in [0, 0.05) is 25.2 Å². The van der Waals surface area contributed by atoms with Gasteiger partial charge in [0.1, 0.15) is 5.82 Å². The van der Waals surface area contributed by atoms with Crippen LogP contribution in [0.3, 0.4) is 0 Å². The molecule has 0 saturated carbocycles. The Morgan fingerprint density at radius 2 is 2.26 bits per heavy atom. The van der Waals surface area contributed by atoms with Gasteiger partial charge in [-0.3, -0.25) is 9.59 Å². The van der Waals surface area contributed by atoms with E-state index < -0.39 is 0 Å². The zero-order valence-corrected chi connectivity index (χ0v) is 13.4. The molecule has 0 spiro atoms. The summed E-state index contributed by atoms with van der Waals surface area (Å²) >= 11 is 0. The van der Waals surface area contributed by atoms with Gasteiger partial charge in [-0.15, -0.1) is 0 Å². The smallest absolute Gasteiger partial charge is 0.310 e. The number of anilines is 1. The number of rotatable bonds is 6. The van der Waals surface area contributed by atoms with E-state index in [0.717, 1.165) is 19.4 Å². The molecule has 1 aromatic rings. The Kier molecular flexibility index (Phi) is 6.52. The number of likely N-dealkylation sites (tertiary alicyclic amines) is 1. The van der Waals surface area contributed by atoms with Crippen molar-refractivity contribution in [2.45, 2.75) is 26.2 Å². The quantitative estimate of drug-likeness (QED) is 0.817. The Morgan fingerprint density at radius 3 is 3.00 bits per heavy atom. The summed E-state index contributed by atoms with van der Waals surface area (Å²) in [5.74, 6) is -0.790. The molecule has 1 unspecified atom stereocenters. The summed E-state index contributed by atoms with van der Waals surface area (Å²) in [6.45, 7) is 4.28. The average Bonchev–Trinajstić information content (AvgIpc) is 2.53. The van der Waals surface area contributed by atoms with Crippen LogP contribution in [0.2, 0.25) is 0 Å². The van der Waals surface area contributed by atoms with Crippen LogP contribution in [-0.4, -0.2) is 43.0 Å². The number of benzene rings is 1. The molecular formula is C17H23FN2O3. The number of esters is 1. The lowest BCUT2D eigenvalue weighted by atomic mass is 9.98. The van der Waals surface area contributed by atoms with Gasteiger partial charge >= 0.3 is 5.97 Å². The summed E-state index contributed by atoms with van der Waals surface area (Å²) in [4.78, 5) is 25.8. The number of carbonyl (C=O) groups excluding carboxylic acids is 2. The van der Waals surface area contributed by atoms with E-state index in [1.807, 2.05) is 0 Å². The number of halogens is 1. The van der Waals surface area contributed by atoms with Crippen molar-refractivity contribution >= 4 is 17.6 Å². The Bertz CT molecular complexity index is 550. The first-order valence-electron chi connectivity index (χ1n) is 8.03. The van der Waals surface area contributed by atoms with Crippen LogP contribution >= 0.6 is 0 Å². The zero-order valence-electron chi connectivity index (χ0n) is 13.4. The second kappa shape index (κ2) is 8.62. The average molecular weight is 322 g/mol. The van der Waals surface area contributed by atoms with E-state index in [0.29, 0.717) is 31.8 Å². The minimum absolute atomic E-state index is 0.102. The molecule has 1 heterocycles. The van der Waals surface area contributed by atoms with Crippen LogP contribution < -0.4 is 5.32 Å².